The van der Waals surface area contributed by atoms with E-state index in [0.717, 1.165) is 24.4 Å². The van der Waals surface area contributed by atoms with Crippen LogP contribution in [-0.4, -0.2) is 44.5 Å². The fourth-order valence-electron chi connectivity index (χ4n) is 4.43. The Bertz CT molecular complexity index is 1350. The molecule has 12 heteroatoms. The number of aromatic nitrogens is 1. The zero-order valence-electron chi connectivity index (χ0n) is 18.7. The maximum atomic E-state index is 12.6. The molecule has 3 aromatic rings. The van der Waals surface area contributed by atoms with Gasteiger partial charge < -0.3 is 18.9 Å². The topological polar surface area (TPSA) is 141 Å². The Morgan fingerprint density at radius 3 is 2.57 bits per heavy atom. The van der Waals surface area contributed by atoms with E-state index in [1.165, 1.54) is 6.07 Å². The number of fused-ring (bicyclic) bond motifs is 1. The lowest BCUT2D eigenvalue weighted by molar-refractivity contribution is -0.123. The van der Waals surface area contributed by atoms with E-state index in [1.807, 2.05) is 4.72 Å². The molecule has 1 aliphatic heterocycles. The molecule has 1 saturated heterocycles. The van der Waals surface area contributed by atoms with Gasteiger partial charge in [-0.25, -0.2) is 9.71 Å². The van der Waals surface area contributed by atoms with Crippen LogP contribution in [0, 0.1) is 5.92 Å². The number of furan rings is 1. The van der Waals surface area contributed by atoms with E-state index < -0.39 is 32.8 Å². The number of hydrogen-bond acceptors (Lipinski definition) is 8. The molecule has 3 heterocycles. The minimum atomic E-state index is -4.22. The molecule has 1 atom stereocenters. The lowest BCUT2D eigenvalue weighted by Gasteiger charge is -2.27. The Balaban J connectivity index is 1.16. The molecule has 10 nitrogen and oxygen atoms in total. The van der Waals surface area contributed by atoms with Crippen molar-refractivity contribution in [3.05, 3.63) is 47.0 Å². The van der Waals surface area contributed by atoms with Gasteiger partial charge in [-0.3, -0.25) is 9.59 Å². The number of sulfonamides is 1. The Morgan fingerprint density at radius 2 is 1.83 bits per heavy atom. The van der Waals surface area contributed by atoms with Gasteiger partial charge in [0.05, 0.1) is 12.5 Å². The van der Waals surface area contributed by atoms with Crippen molar-refractivity contribution < 1.29 is 31.6 Å². The van der Waals surface area contributed by atoms with E-state index in [9.17, 15) is 18.0 Å². The largest absolute Gasteiger partial charge is 0.440 e. The summed E-state index contributed by atoms with van der Waals surface area (Å²) in [5.74, 6) is -1.02. The predicted octanol–water partition coefficient (Wildman–Crippen LogP) is 3.37. The van der Waals surface area contributed by atoms with E-state index in [0.29, 0.717) is 42.4 Å². The Morgan fingerprint density at radius 1 is 1.03 bits per heavy atom. The van der Waals surface area contributed by atoms with E-state index >= 15 is 0 Å². The highest BCUT2D eigenvalue weighted by molar-refractivity contribution is 7.89. The van der Waals surface area contributed by atoms with Crippen molar-refractivity contribution in [1.82, 2.24) is 15.0 Å². The van der Waals surface area contributed by atoms with Crippen LogP contribution in [0.25, 0.3) is 11.1 Å². The summed E-state index contributed by atoms with van der Waals surface area (Å²) in [6.45, 7) is 0.588. The number of hydrogen-bond donors (Lipinski definition) is 2. The first-order valence-corrected chi connectivity index (χ1v) is 13.3. The smallest absolute Gasteiger partial charge is 0.297 e. The van der Waals surface area contributed by atoms with Crippen molar-refractivity contribution in [3.63, 3.8) is 0 Å². The summed E-state index contributed by atoms with van der Waals surface area (Å²) in [5.41, 5.74) is 1.41. The summed E-state index contributed by atoms with van der Waals surface area (Å²) in [5, 5.41) is 3.00. The van der Waals surface area contributed by atoms with Gasteiger partial charge in [0.25, 0.3) is 15.9 Å². The van der Waals surface area contributed by atoms with Crippen molar-refractivity contribution in [1.29, 1.82) is 0 Å². The van der Waals surface area contributed by atoms with Crippen LogP contribution in [0.5, 0.6) is 0 Å². The van der Waals surface area contributed by atoms with Crippen LogP contribution in [0.1, 0.15) is 54.5 Å². The van der Waals surface area contributed by atoms with Crippen molar-refractivity contribution in [2.75, 3.05) is 13.2 Å². The third kappa shape index (κ3) is 5.21. The van der Waals surface area contributed by atoms with Crippen LogP contribution in [0.2, 0.25) is 5.02 Å². The van der Waals surface area contributed by atoms with E-state index in [1.54, 1.807) is 18.2 Å². The summed E-state index contributed by atoms with van der Waals surface area (Å²) >= 11 is 6.02. The number of halogens is 1. The molecular weight excluding hydrogens is 498 g/mol. The summed E-state index contributed by atoms with van der Waals surface area (Å²) in [7, 11) is -4.22. The van der Waals surface area contributed by atoms with E-state index in [4.69, 9.17) is 25.2 Å². The lowest BCUT2D eigenvalue weighted by Crippen LogP contribution is -2.37. The minimum Gasteiger partial charge on any atom is -0.440 e. The van der Waals surface area contributed by atoms with Gasteiger partial charge in [0, 0.05) is 23.6 Å². The molecule has 5 rings (SSSR count). The standard InChI is InChI=1S/C23H24ClN3O7S/c24-15-3-6-18-17(11-15)26-23(34-18)13-1-4-16(5-2-13)25-22(29)19-7-8-20(33-19)35(30,31)27-21(28)14-9-10-32-12-14/h3,6-8,11,13-14,16H,1-2,4-5,9-10,12H2,(H,25,29)(H,27,28)/t13-,14?,16+. The van der Waals surface area contributed by atoms with Crippen LogP contribution >= 0.6 is 11.6 Å². The first-order chi connectivity index (χ1) is 16.8. The molecule has 2 fully saturated rings. The number of carbonyl (C=O) groups excluding carboxylic acids is 2. The maximum absolute atomic E-state index is 12.6. The van der Waals surface area contributed by atoms with Gasteiger partial charge in [0.1, 0.15) is 5.52 Å². The molecule has 186 valence electrons. The Hall–Kier alpha value is -2.89. The molecule has 0 radical (unpaired) electrons. The van der Waals surface area contributed by atoms with Crippen LogP contribution in [0.15, 0.2) is 44.3 Å². The molecule has 2 aromatic heterocycles. The molecule has 2 aliphatic rings. The molecule has 0 spiro atoms. The monoisotopic (exact) mass is 521 g/mol. The second kappa shape index (κ2) is 9.63. The third-order valence-electron chi connectivity index (χ3n) is 6.38. The summed E-state index contributed by atoms with van der Waals surface area (Å²) in [6, 6.07) is 7.67. The van der Waals surface area contributed by atoms with Gasteiger partial charge in [0.2, 0.25) is 11.0 Å². The van der Waals surface area contributed by atoms with Gasteiger partial charge in [-0.05, 0) is 62.4 Å². The number of amides is 2. The highest BCUT2D eigenvalue weighted by Crippen LogP contribution is 2.34. The van der Waals surface area contributed by atoms with Crippen LogP contribution in [0.3, 0.4) is 0 Å². The summed E-state index contributed by atoms with van der Waals surface area (Å²) < 4.78 is 43.2. The normalized spacial score (nSPS) is 22.8. The molecule has 2 amide bonds. The van der Waals surface area contributed by atoms with Gasteiger partial charge in [-0.2, -0.15) is 8.42 Å². The molecule has 35 heavy (non-hydrogen) atoms. The van der Waals surface area contributed by atoms with Crippen molar-refractivity contribution in [2.45, 2.75) is 49.2 Å². The average molecular weight is 522 g/mol. The highest BCUT2D eigenvalue weighted by atomic mass is 35.5. The molecule has 1 unspecified atom stereocenters. The molecular formula is C23H24ClN3O7S. The van der Waals surface area contributed by atoms with Crippen molar-refractivity contribution >= 4 is 44.5 Å². The molecule has 1 saturated carbocycles. The van der Waals surface area contributed by atoms with E-state index in [2.05, 4.69) is 10.3 Å². The number of nitrogens with zero attached hydrogens (tertiary/aromatic N) is 1. The van der Waals surface area contributed by atoms with Crippen LogP contribution in [-0.2, 0) is 19.6 Å². The number of rotatable bonds is 6. The molecule has 1 aliphatic carbocycles. The Kier molecular flexibility index (Phi) is 6.56. The fraction of sp³-hybridized carbons (Fsp3) is 0.435. The number of oxazole rings is 1. The van der Waals surface area contributed by atoms with Gasteiger partial charge in [-0.1, -0.05) is 11.6 Å². The lowest BCUT2D eigenvalue weighted by atomic mass is 9.86. The quantitative estimate of drug-likeness (QED) is 0.503. The summed E-state index contributed by atoms with van der Waals surface area (Å²) in [4.78, 5) is 29.3. The number of carbonyl (C=O) groups is 2. The first-order valence-electron chi connectivity index (χ1n) is 11.4. The van der Waals surface area contributed by atoms with Gasteiger partial charge in [-0.15, -0.1) is 0 Å². The van der Waals surface area contributed by atoms with Crippen molar-refractivity contribution in [2.24, 2.45) is 5.92 Å². The maximum Gasteiger partial charge on any atom is 0.297 e. The van der Waals surface area contributed by atoms with Gasteiger partial charge in [0.15, 0.2) is 17.2 Å². The highest BCUT2D eigenvalue weighted by Gasteiger charge is 2.31. The zero-order chi connectivity index (χ0) is 24.6. The summed E-state index contributed by atoms with van der Waals surface area (Å²) in [6.07, 6.45) is 3.43. The second-order valence-corrected chi connectivity index (χ2v) is 10.9. The van der Waals surface area contributed by atoms with Crippen LogP contribution in [0.4, 0.5) is 0 Å². The minimum absolute atomic E-state index is 0.0928. The van der Waals surface area contributed by atoms with Gasteiger partial charge >= 0.3 is 0 Å². The molecule has 1 aromatic carbocycles. The molecule has 0 bridgehead atoms. The number of benzene rings is 1. The van der Waals surface area contributed by atoms with Crippen molar-refractivity contribution in [3.8, 4) is 0 Å². The first kappa shape index (κ1) is 23.8. The third-order valence-corrected chi connectivity index (χ3v) is 7.84. The SMILES string of the molecule is O=C(N[C@H]1CC[C@@H](c2nc3cc(Cl)ccc3o2)CC1)c1ccc(S(=O)(=O)NC(=O)C2CCOC2)o1. The zero-order valence-corrected chi connectivity index (χ0v) is 20.2. The fourth-order valence-corrected chi connectivity index (χ4v) is 5.57. The number of ether oxygens (including phenoxy) is 1. The van der Waals surface area contributed by atoms with E-state index in [-0.39, 0.29) is 24.3 Å². The average Bonchev–Trinajstić information content (AvgIpc) is 3.59. The predicted molar refractivity (Wildman–Crippen MR) is 124 cm³/mol. The number of nitrogens with one attached hydrogen (secondary N) is 2. The van der Waals surface area contributed by atoms with Crippen LogP contribution < -0.4 is 10.0 Å². The Labute approximate surface area is 206 Å². The second-order valence-electron chi connectivity index (χ2n) is 8.84. The molecule has 2 N–H and O–H groups in total.